The summed E-state index contributed by atoms with van der Waals surface area (Å²) in [5.74, 6) is -2.89. The van der Waals surface area contributed by atoms with Crippen LogP contribution >= 0.6 is 0 Å². The summed E-state index contributed by atoms with van der Waals surface area (Å²) in [6.45, 7) is 0. The van der Waals surface area contributed by atoms with E-state index in [1.54, 1.807) is 0 Å². The number of nitro benzene ring substituents is 1. The predicted octanol–water partition coefficient (Wildman–Crippen LogP) is 3.06. The molecule has 2 aromatic carbocycles. The fourth-order valence-electron chi connectivity index (χ4n) is 1.50. The first-order valence-electron chi connectivity index (χ1n) is 5.91. The highest BCUT2D eigenvalue weighted by atomic mass is 19.2. The lowest BCUT2D eigenvalue weighted by Crippen LogP contribution is -2.01. The van der Waals surface area contributed by atoms with Gasteiger partial charge in [-0.3, -0.25) is 10.1 Å². The number of benzene rings is 2. The number of hydrogen-bond donors (Lipinski definition) is 0. The Morgan fingerprint density at radius 2 is 1.82 bits per heavy atom. The number of nitro groups is 1. The lowest BCUT2D eigenvalue weighted by Gasteiger charge is -1.98. The average Bonchev–Trinajstić information content (AvgIpc) is 2.51. The highest BCUT2D eigenvalue weighted by molar-refractivity contribution is 5.90. The number of non-ortho nitro benzene ring substituents is 1. The Morgan fingerprint density at radius 1 is 1.14 bits per heavy atom. The molecule has 0 radical (unpaired) electrons. The van der Waals surface area contributed by atoms with Gasteiger partial charge in [-0.15, -0.1) is 0 Å². The molecule has 2 aromatic rings. The maximum atomic E-state index is 12.9. The molecule has 0 spiro atoms. The van der Waals surface area contributed by atoms with Crippen molar-refractivity contribution in [2.24, 2.45) is 5.16 Å². The van der Waals surface area contributed by atoms with Gasteiger partial charge in [0.1, 0.15) is 0 Å². The summed E-state index contributed by atoms with van der Waals surface area (Å²) >= 11 is 0. The molecule has 0 aliphatic heterocycles. The van der Waals surface area contributed by atoms with E-state index in [2.05, 4.69) is 9.99 Å². The summed E-state index contributed by atoms with van der Waals surface area (Å²) in [5, 5.41) is 13.8. The molecule has 22 heavy (non-hydrogen) atoms. The quantitative estimate of drug-likeness (QED) is 0.376. The van der Waals surface area contributed by atoms with Gasteiger partial charge in [0.2, 0.25) is 0 Å². The number of nitrogens with zero attached hydrogens (tertiary/aromatic N) is 2. The van der Waals surface area contributed by atoms with Gasteiger partial charge < -0.3 is 4.84 Å². The van der Waals surface area contributed by atoms with Crippen LogP contribution in [-0.4, -0.2) is 17.1 Å². The Labute approximate surface area is 122 Å². The molecular weight excluding hydrogens is 298 g/mol. The summed E-state index contributed by atoms with van der Waals surface area (Å²) in [4.78, 5) is 26.0. The Bertz CT molecular complexity index is 745. The third-order valence-corrected chi connectivity index (χ3v) is 2.59. The van der Waals surface area contributed by atoms with Crippen molar-refractivity contribution < 1.29 is 23.3 Å². The summed E-state index contributed by atoms with van der Waals surface area (Å²) in [7, 11) is 0. The normalized spacial score (nSPS) is 10.6. The fourth-order valence-corrected chi connectivity index (χ4v) is 1.50. The molecule has 0 aliphatic carbocycles. The zero-order chi connectivity index (χ0) is 16.1. The second-order valence-electron chi connectivity index (χ2n) is 4.09. The predicted molar refractivity (Wildman–Crippen MR) is 72.5 cm³/mol. The highest BCUT2D eigenvalue weighted by Crippen LogP contribution is 2.13. The van der Waals surface area contributed by atoms with Gasteiger partial charge in [0.15, 0.2) is 11.6 Å². The van der Waals surface area contributed by atoms with Crippen molar-refractivity contribution in [2.75, 3.05) is 0 Å². The van der Waals surface area contributed by atoms with E-state index in [9.17, 15) is 23.7 Å². The van der Waals surface area contributed by atoms with Crippen molar-refractivity contribution in [3.63, 3.8) is 0 Å². The third-order valence-electron chi connectivity index (χ3n) is 2.59. The van der Waals surface area contributed by atoms with Crippen LogP contribution in [0, 0.1) is 21.7 Å². The first kappa shape index (κ1) is 15.2. The van der Waals surface area contributed by atoms with Crippen molar-refractivity contribution in [1.82, 2.24) is 0 Å². The molecule has 0 saturated carbocycles. The Kier molecular flexibility index (Phi) is 4.52. The van der Waals surface area contributed by atoms with E-state index in [4.69, 9.17) is 0 Å². The van der Waals surface area contributed by atoms with Crippen molar-refractivity contribution in [2.45, 2.75) is 0 Å². The fraction of sp³-hybridized carbons (Fsp3) is 0. The van der Waals surface area contributed by atoms with Crippen LogP contribution in [0.3, 0.4) is 0 Å². The zero-order valence-corrected chi connectivity index (χ0v) is 10.9. The summed E-state index contributed by atoms with van der Waals surface area (Å²) in [6.07, 6.45) is 1.03. The average molecular weight is 306 g/mol. The van der Waals surface area contributed by atoms with Gasteiger partial charge in [0.05, 0.1) is 16.7 Å². The highest BCUT2D eigenvalue weighted by Gasteiger charge is 2.10. The van der Waals surface area contributed by atoms with Gasteiger partial charge in [-0.25, -0.2) is 13.6 Å². The van der Waals surface area contributed by atoms with Crippen molar-refractivity contribution in [3.05, 3.63) is 75.3 Å². The largest absolute Gasteiger partial charge is 0.365 e. The molecule has 0 unspecified atom stereocenters. The number of hydrogen-bond acceptors (Lipinski definition) is 5. The van der Waals surface area contributed by atoms with Gasteiger partial charge in [0, 0.05) is 12.1 Å². The molecule has 0 N–H and O–H groups in total. The molecule has 8 heteroatoms. The molecule has 0 atom stereocenters. The molecule has 0 aliphatic rings. The van der Waals surface area contributed by atoms with Crippen molar-refractivity contribution in [3.8, 4) is 0 Å². The van der Waals surface area contributed by atoms with Crippen LogP contribution in [0.25, 0.3) is 0 Å². The number of carbonyl (C=O) groups is 1. The molecule has 0 fully saturated rings. The number of rotatable bonds is 4. The smallest absolute Gasteiger partial charge is 0.313 e. The van der Waals surface area contributed by atoms with E-state index in [1.165, 1.54) is 18.2 Å². The van der Waals surface area contributed by atoms with Crippen LogP contribution in [0.15, 0.2) is 47.6 Å². The van der Waals surface area contributed by atoms with E-state index < -0.39 is 22.5 Å². The van der Waals surface area contributed by atoms with Crippen LogP contribution < -0.4 is 0 Å². The van der Waals surface area contributed by atoms with Crippen LogP contribution in [0.4, 0.5) is 14.5 Å². The van der Waals surface area contributed by atoms with Gasteiger partial charge in [-0.1, -0.05) is 11.2 Å². The van der Waals surface area contributed by atoms with Crippen LogP contribution in [0.2, 0.25) is 0 Å². The van der Waals surface area contributed by atoms with Gasteiger partial charge >= 0.3 is 5.97 Å². The summed E-state index contributed by atoms with van der Waals surface area (Å²) in [6, 6.07) is 7.78. The third kappa shape index (κ3) is 3.69. The van der Waals surface area contributed by atoms with Gasteiger partial charge in [0.25, 0.3) is 5.69 Å². The minimum Gasteiger partial charge on any atom is -0.313 e. The second-order valence-corrected chi connectivity index (χ2v) is 4.09. The molecule has 0 saturated heterocycles. The molecule has 112 valence electrons. The van der Waals surface area contributed by atoms with E-state index in [0.29, 0.717) is 0 Å². The lowest BCUT2D eigenvalue weighted by atomic mass is 10.2. The second kappa shape index (κ2) is 6.53. The van der Waals surface area contributed by atoms with E-state index >= 15 is 0 Å². The number of halogens is 2. The minimum atomic E-state index is -1.05. The summed E-state index contributed by atoms with van der Waals surface area (Å²) in [5.41, 5.74) is 0.102. The lowest BCUT2D eigenvalue weighted by molar-refractivity contribution is -0.384. The zero-order valence-electron chi connectivity index (χ0n) is 10.9. The van der Waals surface area contributed by atoms with Gasteiger partial charge in [-0.05, 0) is 29.8 Å². The van der Waals surface area contributed by atoms with E-state index in [0.717, 1.165) is 30.5 Å². The Morgan fingerprint density at radius 3 is 2.41 bits per heavy atom. The molecule has 0 heterocycles. The van der Waals surface area contributed by atoms with Crippen molar-refractivity contribution >= 4 is 17.9 Å². The molecule has 2 rings (SSSR count). The van der Waals surface area contributed by atoms with Gasteiger partial charge in [-0.2, -0.15) is 0 Å². The SMILES string of the molecule is O=C(O/N=C/c1ccc(F)c(F)c1)c1ccc([N+](=O)[O-])cc1. The topological polar surface area (TPSA) is 81.8 Å². The number of oxime groups is 1. The van der Waals surface area contributed by atoms with Crippen LogP contribution in [0.1, 0.15) is 15.9 Å². The maximum absolute atomic E-state index is 12.9. The number of carbonyl (C=O) groups excluding carboxylic acids is 1. The van der Waals surface area contributed by atoms with E-state index in [1.807, 2.05) is 0 Å². The maximum Gasteiger partial charge on any atom is 0.365 e. The van der Waals surface area contributed by atoms with E-state index in [-0.39, 0.29) is 16.8 Å². The molecule has 6 nitrogen and oxygen atoms in total. The Balaban J connectivity index is 2.01. The minimum absolute atomic E-state index is 0.0630. The molecular formula is C14H8F2N2O4. The summed E-state index contributed by atoms with van der Waals surface area (Å²) < 4.78 is 25.6. The van der Waals surface area contributed by atoms with Crippen LogP contribution in [0.5, 0.6) is 0 Å². The standard InChI is InChI=1S/C14H8F2N2O4/c15-12-6-1-9(7-13(12)16)8-17-22-14(19)10-2-4-11(5-3-10)18(20)21/h1-8H/b17-8+. The van der Waals surface area contributed by atoms with Crippen LogP contribution in [-0.2, 0) is 4.84 Å². The first-order valence-corrected chi connectivity index (χ1v) is 5.91. The molecule has 0 bridgehead atoms. The Hall–Kier alpha value is -3.16. The monoisotopic (exact) mass is 306 g/mol. The molecule has 0 amide bonds. The molecule has 0 aromatic heterocycles. The van der Waals surface area contributed by atoms with Crippen molar-refractivity contribution in [1.29, 1.82) is 0 Å². The first-order chi connectivity index (χ1) is 10.5.